The molecular weight excluding hydrogens is 1160 g/mol. The SMILES string of the molecule is CC(C)CCC[C@@H](C)[C@H]1CC[C@H]2[C@@H]3CC=C4C[C@@H](OC(=O)CCN5C(=O)c6ccc7c8ccc9c%10c(ccc(c%11ccc(c6c7%11)C5=O)c%108)C(=O)N(CCC(=O)O[C@H]5CC[C@@]6(C)C(=CC[C@H]7[C@@H]8CC[C@H]([C@H](C)CCCC(C)C)[C@@]8(C)CC[C@@H]76)C5)C9=O)CC[C@]4(C)[C@H]3CC[C@]12C. The van der Waals surface area contributed by atoms with Crippen LogP contribution in [0.5, 0.6) is 0 Å². The van der Waals surface area contributed by atoms with E-state index in [9.17, 15) is 28.8 Å². The first-order valence-electron chi connectivity index (χ1n) is 37.7. The molecule has 2 heterocycles. The van der Waals surface area contributed by atoms with Gasteiger partial charge >= 0.3 is 11.9 Å². The molecule has 8 aliphatic carbocycles. The van der Waals surface area contributed by atoms with Crippen molar-refractivity contribution in [1.29, 1.82) is 0 Å². The summed E-state index contributed by atoms with van der Waals surface area (Å²) in [6.45, 7) is 24.7. The van der Waals surface area contributed by atoms with Crippen molar-refractivity contribution in [2.45, 2.75) is 236 Å². The second kappa shape index (κ2) is 24.0. The predicted molar refractivity (Wildman–Crippen MR) is 373 cm³/mol. The number of rotatable bonds is 18. The zero-order valence-electron chi connectivity index (χ0n) is 58.4. The van der Waals surface area contributed by atoms with E-state index < -0.39 is 23.6 Å². The first kappa shape index (κ1) is 64.1. The molecule has 15 rings (SSSR count). The van der Waals surface area contributed by atoms with Crippen LogP contribution in [0.1, 0.15) is 265 Å². The fraction of sp³-hybridized carbons (Fsp3) is 0.643. The lowest BCUT2D eigenvalue weighted by molar-refractivity contribution is -0.152. The highest BCUT2D eigenvalue weighted by atomic mass is 16.5. The molecule has 0 saturated heterocycles. The van der Waals surface area contributed by atoms with Crippen LogP contribution in [0, 0.1) is 92.7 Å². The minimum atomic E-state index is -0.444. The minimum Gasteiger partial charge on any atom is -0.462 e. The highest BCUT2D eigenvalue weighted by molar-refractivity contribution is 6.41. The summed E-state index contributed by atoms with van der Waals surface area (Å²) in [7, 11) is 0. The average molecular weight is 1270 g/mol. The van der Waals surface area contributed by atoms with Crippen molar-refractivity contribution in [1.82, 2.24) is 9.80 Å². The zero-order valence-corrected chi connectivity index (χ0v) is 58.4. The van der Waals surface area contributed by atoms with E-state index in [4.69, 9.17) is 9.47 Å². The Balaban J connectivity index is 0.578. The Labute approximate surface area is 559 Å². The molecule has 94 heavy (non-hydrogen) atoms. The predicted octanol–water partition coefficient (Wildman–Crippen LogP) is 19.6. The summed E-state index contributed by atoms with van der Waals surface area (Å²) in [4.78, 5) is 88.3. The lowest BCUT2D eigenvalue weighted by Crippen LogP contribution is -2.51. The lowest BCUT2D eigenvalue weighted by atomic mass is 9.47. The molecule has 0 aromatic heterocycles. The first-order chi connectivity index (χ1) is 45.0. The second-order valence-corrected chi connectivity index (χ2v) is 34.5. The van der Waals surface area contributed by atoms with E-state index in [0.29, 0.717) is 55.7 Å². The van der Waals surface area contributed by atoms with Gasteiger partial charge in [-0.1, -0.05) is 155 Å². The monoisotopic (exact) mass is 1270 g/mol. The molecule has 5 aromatic carbocycles. The van der Waals surface area contributed by atoms with E-state index in [1.54, 1.807) is 24.3 Å². The summed E-state index contributed by atoms with van der Waals surface area (Å²) in [5.41, 5.74) is 5.64. The maximum Gasteiger partial charge on any atom is 0.307 e. The number of amides is 4. The van der Waals surface area contributed by atoms with Crippen LogP contribution in [0.3, 0.4) is 0 Å². The minimum absolute atomic E-state index is 0.0819. The molecule has 5 aromatic rings. The fourth-order valence-corrected chi connectivity index (χ4v) is 24.2. The Kier molecular flexibility index (Phi) is 16.4. The average Bonchev–Trinajstić information content (AvgIpc) is 0.805. The quantitative estimate of drug-likeness (QED) is 0.0279. The van der Waals surface area contributed by atoms with E-state index in [0.717, 1.165) is 143 Å². The number of nitrogens with zero attached hydrogens (tertiary/aromatic N) is 2. The molecule has 10 heteroatoms. The van der Waals surface area contributed by atoms with Crippen molar-refractivity contribution in [3.8, 4) is 0 Å². The highest BCUT2D eigenvalue weighted by Crippen LogP contribution is 2.69. The van der Waals surface area contributed by atoms with Gasteiger partial charge in [-0.25, -0.2) is 0 Å². The Morgan fingerprint density at radius 3 is 1.16 bits per heavy atom. The van der Waals surface area contributed by atoms with E-state index in [-0.39, 0.29) is 60.9 Å². The van der Waals surface area contributed by atoms with Crippen molar-refractivity contribution >= 4 is 78.7 Å². The van der Waals surface area contributed by atoms with Gasteiger partial charge in [0, 0.05) is 59.0 Å². The Bertz CT molecular complexity index is 3610. The number of benzene rings is 5. The number of hydrogen-bond acceptors (Lipinski definition) is 8. The van der Waals surface area contributed by atoms with Crippen molar-refractivity contribution in [2.75, 3.05) is 13.1 Å². The van der Waals surface area contributed by atoms with Crippen molar-refractivity contribution in [3.05, 3.63) is 94.1 Å². The van der Waals surface area contributed by atoms with Gasteiger partial charge in [-0.3, -0.25) is 38.6 Å². The van der Waals surface area contributed by atoms with Gasteiger partial charge in [0.2, 0.25) is 0 Å². The number of esters is 2. The second-order valence-electron chi connectivity index (χ2n) is 34.5. The lowest BCUT2D eigenvalue weighted by Gasteiger charge is -2.58. The molecule has 0 radical (unpaired) electrons. The standard InChI is InChI=1S/C84H106N2O8/c1-47(2)13-11-15-49(5)65-29-31-67-59-19-17-51-45-53(33-39-81(51,7)69(59)35-41-83(65,67)9)93-71(87)37-43-85-77(89)61-25-21-55-57-23-27-63-76-64(28-24-58(74(57)76)56-22-26-62(78(85)90)75(61)73(55)56)80(92)86(79(63)91)44-38-72(88)94-54-34-40-82(8)52(46-54)18-20-60-68-32-30-66(50(6)16-12-14-48(3)4)84(68,10)42-36-70(60)82/h17-18,21-28,47-50,53-54,59-60,65-70H,11-16,19-20,29-46H2,1-10H3/t49-,50-,53+,54+,59+,60+,65-,66-,67+,68+,69+,70+,81+,82+,83-,84-/m1/s1. The number of hydrogen-bond donors (Lipinski definition) is 0. The van der Waals surface area contributed by atoms with Gasteiger partial charge in [-0.15, -0.1) is 0 Å². The molecule has 0 bridgehead atoms. The molecule has 6 fully saturated rings. The van der Waals surface area contributed by atoms with Gasteiger partial charge in [0.1, 0.15) is 12.2 Å². The number of carbonyl (C=O) groups excluding carboxylic acids is 6. The third-order valence-corrected chi connectivity index (χ3v) is 29.0. The molecule has 4 amide bonds. The van der Waals surface area contributed by atoms with Gasteiger partial charge in [-0.05, 0) is 239 Å². The zero-order chi connectivity index (χ0) is 65.7. The van der Waals surface area contributed by atoms with E-state index in [2.05, 4.69) is 81.4 Å². The van der Waals surface area contributed by atoms with Gasteiger partial charge in [0.25, 0.3) is 23.6 Å². The van der Waals surface area contributed by atoms with Crippen LogP contribution in [0.4, 0.5) is 0 Å². The summed E-state index contributed by atoms with van der Waals surface area (Å²) in [5, 5.41) is 5.91. The maximum absolute atomic E-state index is 14.6. The molecule has 6 saturated carbocycles. The molecule has 0 spiro atoms. The third kappa shape index (κ3) is 10.1. The molecule has 10 nitrogen and oxygen atoms in total. The topological polar surface area (TPSA) is 127 Å². The third-order valence-electron chi connectivity index (χ3n) is 29.0. The molecule has 500 valence electrons. The summed E-state index contributed by atoms with van der Waals surface area (Å²) in [5.74, 6) is 6.59. The summed E-state index contributed by atoms with van der Waals surface area (Å²) < 4.78 is 12.5. The molecule has 2 aliphatic heterocycles. The summed E-state index contributed by atoms with van der Waals surface area (Å²) in [6.07, 6.45) is 30.7. The van der Waals surface area contributed by atoms with E-state index >= 15 is 0 Å². The van der Waals surface area contributed by atoms with Crippen LogP contribution in [-0.4, -0.2) is 70.7 Å². The summed E-state index contributed by atoms with van der Waals surface area (Å²) in [6, 6.07) is 14.7. The number of imide groups is 2. The van der Waals surface area contributed by atoms with Crippen LogP contribution in [-0.2, 0) is 19.1 Å². The van der Waals surface area contributed by atoms with Crippen LogP contribution in [0.2, 0.25) is 0 Å². The maximum atomic E-state index is 14.6. The normalized spacial score (nSPS) is 34.1. The fourth-order valence-electron chi connectivity index (χ4n) is 24.2. The highest BCUT2D eigenvalue weighted by Gasteiger charge is 2.61. The summed E-state index contributed by atoms with van der Waals surface area (Å²) >= 11 is 0. The molecule has 0 N–H and O–H groups in total. The van der Waals surface area contributed by atoms with E-state index in [1.165, 1.54) is 111 Å². The van der Waals surface area contributed by atoms with Crippen LogP contribution >= 0.6 is 0 Å². The largest absolute Gasteiger partial charge is 0.462 e. The Morgan fingerprint density at radius 2 is 0.809 bits per heavy atom. The Hall–Kier alpha value is -5.90. The number of fused-ring (bicyclic) bond motifs is 12. The molecule has 16 atom stereocenters. The van der Waals surface area contributed by atoms with Crippen LogP contribution in [0.25, 0.3) is 43.1 Å². The Morgan fingerprint density at radius 1 is 0.447 bits per heavy atom. The molecule has 10 aliphatic rings. The van der Waals surface area contributed by atoms with Crippen molar-refractivity contribution in [2.24, 2.45) is 92.7 Å². The number of ether oxygens (including phenoxy) is 2. The van der Waals surface area contributed by atoms with Crippen molar-refractivity contribution in [3.63, 3.8) is 0 Å². The molecular formula is C84H106N2O8. The van der Waals surface area contributed by atoms with Crippen molar-refractivity contribution < 1.29 is 38.2 Å². The van der Waals surface area contributed by atoms with Gasteiger partial charge in [-0.2, -0.15) is 0 Å². The van der Waals surface area contributed by atoms with Crippen LogP contribution in [0.15, 0.2) is 71.8 Å². The van der Waals surface area contributed by atoms with Gasteiger partial charge in [0.05, 0.1) is 12.8 Å². The van der Waals surface area contributed by atoms with Crippen LogP contribution < -0.4 is 0 Å². The number of allylic oxidation sites excluding steroid dienone is 2. The van der Waals surface area contributed by atoms with E-state index in [1.807, 2.05) is 24.3 Å². The van der Waals surface area contributed by atoms with Gasteiger partial charge in [0.15, 0.2) is 0 Å². The number of carbonyl (C=O) groups is 6. The van der Waals surface area contributed by atoms with Gasteiger partial charge < -0.3 is 9.47 Å². The first-order valence-corrected chi connectivity index (χ1v) is 37.7. The smallest absolute Gasteiger partial charge is 0.307 e. The molecule has 0 unspecified atom stereocenters.